The highest BCUT2D eigenvalue weighted by atomic mass is 35.5. The average molecular weight is 267 g/mol. The molecule has 0 aliphatic heterocycles. The summed E-state index contributed by atoms with van der Waals surface area (Å²) in [7, 11) is 0. The Hall–Kier alpha value is -1.13. The fraction of sp³-hybridized carbons (Fsp3) is 0.333. The highest BCUT2D eigenvalue weighted by molar-refractivity contribution is 7.07. The van der Waals surface area contributed by atoms with Crippen molar-refractivity contribution in [2.75, 3.05) is 0 Å². The molecule has 88 valence electrons. The van der Waals surface area contributed by atoms with Crippen LogP contribution in [0.4, 0.5) is 0 Å². The van der Waals surface area contributed by atoms with Gasteiger partial charge >= 0.3 is 0 Å². The van der Waals surface area contributed by atoms with Crippen molar-refractivity contribution in [3.8, 4) is 0 Å². The van der Waals surface area contributed by atoms with Gasteiger partial charge in [-0.25, -0.2) is 4.98 Å². The Bertz CT molecular complexity index is 587. The van der Waals surface area contributed by atoms with Crippen LogP contribution in [0, 0.1) is 0 Å². The average Bonchev–Trinajstić information content (AvgIpc) is 3.00. The lowest BCUT2D eigenvalue weighted by Crippen LogP contribution is -2.24. The maximum Gasteiger partial charge on any atom is 0.255 e. The molecule has 1 saturated carbocycles. The molecule has 17 heavy (non-hydrogen) atoms. The largest absolute Gasteiger partial charge is 0.292 e. The number of nitrogens with zero attached hydrogens (tertiary/aromatic N) is 2. The molecule has 0 radical (unpaired) electrons. The number of rotatable bonds is 3. The third-order valence-electron chi connectivity index (χ3n) is 2.87. The van der Waals surface area contributed by atoms with Crippen LogP contribution < -0.4 is 5.56 Å². The van der Waals surface area contributed by atoms with Gasteiger partial charge in [0, 0.05) is 12.0 Å². The molecule has 1 aliphatic carbocycles. The van der Waals surface area contributed by atoms with E-state index in [-0.39, 0.29) is 5.56 Å². The van der Waals surface area contributed by atoms with Crippen molar-refractivity contribution in [2.24, 2.45) is 0 Å². The Morgan fingerprint density at radius 1 is 1.53 bits per heavy atom. The Balaban J connectivity index is 2.04. The van der Waals surface area contributed by atoms with Crippen LogP contribution in [0.1, 0.15) is 30.1 Å². The van der Waals surface area contributed by atoms with Crippen molar-refractivity contribution in [2.45, 2.75) is 25.3 Å². The standard InChI is InChI=1S/C12H11ClN2OS/c13-10-5-11(16)15(6-8-3-4-17-7-8)12(14-10)9-1-2-9/h3-5,7,9H,1-2,6H2. The Kier molecular flexibility index (Phi) is 2.76. The number of aromatic nitrogens is 2. The zero-order valence-electron chi connectivity index (χ0n) is 9.10. The topological polar surface area (TPSA) is 34.9 Å². The predicted octanol–water partition coefficient (Wildman–Crippen LogP) is 2.88. The lowest BCUT2D eigenvalue weighted by atomic mass is 10.3. The van der Waals surface area contributed by atoms with Gasteiger partial charge in [-0.05, 0) is 35.2 Å². The van der Waals surface area contributed by atoms with Crippen molar-refractivity contribution in [3.63, 3.8) is 0 Å². The molecular formula is C12H11ClN2OS. The van der Waals surface area contributed by atoms with Gasteiger partial charge in [-0.2, -0.15) is 11.3 Å². The van der Waals surface area contributed by atoms with E-state index in [2.05, 4.69) is 10.4 Å². The van der Waals surface area contributed by atoms with Crippen molar-refractivity contribution >= 4 is 22.9 Å². The maximum absolute atomic E-state index is 12.0. The summed E-state index contributed by atoms with van der Waals surface area (Å²) in [4.78, 5) is 16.3. The number of halogens is 1. The van der Waals surface area contributed by atoms with Crippen LogP contribution in [0.2, 0.25) is 5.15 Å². The molecule has 2 heterocycles. The molecule has 0 atom stereocenters. The summed E-state index contributed by atoms with van der Waals surface area (Å²) in [6.07, 6.45) is 2.22. The molecule has 0 N–H and O–H groups in total. The first-order valence-electron chi connectivity index (χ1n) is 5.52. The van der Waals surface area contributed by atoms with Crippen LogP contribution in [-0.4, -0.2) is 9.55 Å². The van der Waals surface area contributed by atoms with Crippen LogP contribution in [0.15, 0.2) is 27.7 Å². The summed E-state index contributed by atoms with van der Waals surface area (Å²) in [5, 5.41) is 4.37. The fourth-order valence-electron chi connectivity index (χ4n) is 1.87. The van der Waals surface area contributed by atoms with Crippen LogP contribution in [-0.2, 0) is 6.54 Å². The maximum atomic E-state index is 12.0. The molecule has 3 nitrogen and oxygen atoms in total. The minimum Gasteiger partial charge on any atom is -0.292 e. The number of hydrogen-bond donors (Lipinski definition) is 0. The minimum atomic E-state index is -0.0573. The number of thiophene rings is 1. The van der Waals surface area contributed by atoms with Gasteiger partial charge in [0.05, 0.1) is 6.54 Å². The highest BCUT2D eigenvalue weighted by Gasteiger charge is 2.28. The Morgan fingerprint density at radius 2 is 2.35 bits per heavy atom. The van der Waals surface area contributed by atoms with E-state index in [0.29, 0.717) is 17.6 Å². The summed E-state index contributed by atoms with van der Waals surface area (Å²) in [5.41, 5.74) is 1.08. The molecule has 0 aromatic carbocycles. The van der Waals surface area contributed by atoms with Gasteiger partial charge in [0.2, 0.25) is 0 Å². The predicted molar refractivity (Wildman–Crippen MR) is 68.9 cm³/mol. The van der Waals surface area contributed by atoms with Gasteiger partial charge in [0.25, 0.3) is 5.56 Å². The molecule has 3 rings (SSSR count). The number of hydrogen-bond acceptors (Lipinski definition) is 3. The second-order valence-corrected chi connectivity index (χ2v) is 5.43. The molecule has 2 aromatic rings. The summed E-state index contributed by atoms with van der Waals surface area (Å²) in [5.74, 6) is 1.26. The zero-order valence-corrected chi connectivity index (χ0v) is 10.7. The van der Waals surface area contributed by atoms with Gasteiger partial charge in [-0.3, -0.25) is 9.36 Å². The first-order valence-corrected chi connectivity index (χ1v) is 6.84. The molecular weight excluding hydrogens is 256 g/mol. The highest BCUT2D eigenvalue weighted by Crippen LogP contribution is 2.38. The van der Waals surface area contributed by atoms with Crippen molar-refractivity contribution in [3.05, 3.63) is 49.8 Å². The normalized spacial score (nSPS) is 15.1. The van der Waals surface area contributed by atoms with Crippen LogP contribution in [0.5, 0.6) is 0 Å². The molecule has 0 unspecified atom stereocenters. The van der Waals surface area contributed by atoms with E-state index in [1.165, 1.54) is 6.07 Å². The molecule has 0 spiro atoms. The third kappa shape index (κ3) is 2.28. The van der Waals surface area contributed by atoms with Gasteiger partial charge in [0.15, 0.2) is 0 Å². The monoisotopic (exact) mass is 266 g/mol. The van der Waals surface area contributed by atoms with E-state index < -0.39 is 0 Å². The van der Waals surface area contributed by atoms with E-state index in [0.717, 1.165) is 24.2 Å². The molecule has 5 heteroatoms. The Morgan fingerprint density at radius 3 is 3.00 bits per heavy atom. The SMILES string of the molecule is O=c1cc(Cl)nc(C2CC2)n1Cc1ccsc1. The zero-order chi connectivity index (χ0) is 11.8. The van der Waals surface area contributed by atoms with Gasteiger partial charge in [-0.15, -0.1) is 0 Å². The quantitative estimate of drug-likeness (QED) is 0.801. The molecule has 1 aliphatic rings. The first-order chi connectivity index (χ1) is 8.24. The van der Waals surface area contributed by atoms with E-state index in [4.69, 9.17) is 11.6 Å². The van der Waals surface area contributed by atoms with E-state index in [1.807, 2.05) is 11.4 Å². The molecule has 0 bridgehead atoms. The van der Waals surface area contributed by atoms with Crippen molar-refractivity contribution in [1.82, 2.24) is 9.55 Å². The molecule has 2 aromatic heterocycles. The van der Waals surface area contributed by atoms with E-state index in [1.54, 1.807) is 15.9 Å². The van der Waals surface area contributed by atoms with Crippen molar-refractivity contribution in [1.29, 1.82) is 0 Å². The van der Waals surface area contributed by atoms with Gasteiger partial charge in [-0.1, -0.05) is 11.6 Å². The van der Waals surface area contributed by atoms with E-state index in [9.17, 15) is 4.79 Å². The van der Waals surface area contributed by atoms with Crippen LogP contribution >= 0.6 is 22.9 Å². The second-order valence-electron chi connectivity index (χ2n) is 4.27. The van der Waals surface area contributed by atoms with Gasteiger partial charge in [0.1, 0.15) is 11.0 Å². The third-order valence-corrected chi connectivity index (χ3v) is 3.80. The summed E-state index contributed by atoms with van der Waals surface area (Å²) in [6.45, 7) is 0.596. The fourth-order valence-corrected chi connectivity index (χ4v) is 2.71. The van der Waals surface area contributed by atoms with Crippen LogP contribution in [0.3, 0.4) is 0 Å². The molecule has 0 saturated heterocycles. The summed E-state index contributed by atoms with van der Waals surface area (Å²) < 4.78 is 1.74. The molecule has 0 amide bonds. The summed E-state index contributed by atoms with van der Waals surface area (Å²) in [6, 6.07) is 3.42. The lowest BCUT2D eigenvalue weighted by molar-refractivity contribution is 0.671. The summed E-state index contributed by atoms with van der Waals surface area (Å²) >= 11 is 7.49. The second kappa shape index (κ2) is 4.27. The van der Waals surface area contributed by atoms with Crippen molar-refractivity contribution < 1.29 is 0 Å². The minimum absolute atomic E-state index is 0.0573. The van der Waals surface area contributed by atoms with Crippen LogP contribution in [0.25, 0.3) is 0 Å². The smallest absolute Gasteiger partial charge is 0.255 e. The first kappa shape index (κ1) is 11.0. The van der Waals surface area contributed by atoms with E-state index >= 15 is 0 Å². The van der Waals surface area contributed by atoms with Gasteiger partial charge < -0.3 is 0 Å². The molecule has 1 fully saturated rings. The lowest BCUT2D eigenvalue weighted by Gasteiger charge is -2.10. The Labute approximate surface area is 108 Å².